The highest BCUT2D eigenvalue weighted by molar-refractivity contribution is 6.40. The number of aromatic nitrogens is 2. The molecule has 0 unspecified atom stereocenters. The molecule has 0 aliphatic heterocycles. The Morgan fingerprint density at radius 1 is 1.03 bits per heavy atom. The molecule has 4 rings (SSSR count). The van der Waals surface area contributed by atoms with Crippen LogP contribution in [0.2, 0.25) is 5.02 Å². The van der Waals surface area contributed by atoms with Gasteiger partial charge in [0.1, 0.15) is 11.4 Å². The fourth-order valence-electron chi connectivity index (χ4n) is 3.48. The molecule has 4 aromatic rings. The number of anilines is 1. The van der Waals surface area contributed by atoms with E-state index in [4.69, 9.17) is 21.4 Å². The number of para-hydroxylation sites is 1. The van der Waals surface area contributed by atoms with Crippen molar-refractivity contribution >= 4 is 35.3 Å². The molecule has 0 atom stereocenters. The highest BCUT2D eigenvalue weighted by atomic mass is 35.5. The number of nitrogens with zero attached hydrogens (tertiary/aromatic N) is 3. The van der Waals surface area contributed by atoms with E-state index < -0.39 is 11.8 Å². The fraction of sp³-hybridized carbons (Fsp3) is 0.143. The van der Waals surface area contributed by atoms with Gasteiger partial charge in [0.05, 0.1) is 18.5 Å². The van der Waals surface area contributed by atoms with Crippen molar-refractivity contribution in [3.8, 4) is 22.7 Å². The van der Waals surface area contributed by atoms with Crippen molar-refractivity contribution in [2.75, 3.05) is 11.9 Å². The van der Waals surface area contributed by atoms with E-state index in [1.54, 1.807) is 36.0 Å². The van der Waals surface area contributed by atoms with Crippen molar-refractivity contribution in [2.24, 2.45) is 5.10 Å². The van der Waals surface area contributed by atoms with Crippen LogP contribution in [0.25, 0.3) is 16.9 Å². The molecule has 0 fully saturated rings. The molecular weight excluding hydrogens is 490 g/mol. The van der Waals surface area contributed by atoms with Gasteiger partial charge in [-0.05, 0) is 67.4 Å². The number of rotatable bonds is 8. The van der Waals surface area contributed by atoms with Gasteiger partial charge in [-0.15, -0.1) is 0 Å². The first-order valence-electron chi connectivity index (χ1n) is 11.7. The molecule has 2 N–H and O–H groups in total. The van der Waals surface area contributed by atoms with Gasteiger partial charge in [-0.2, -0.15) is 10.2 Å². The number of halogens is 1. The number of amides is 2. The van der Waals surface area contributed by atoms with Gasteiger partial charge in [-0.25, -0.2) is 10.1 Å². The summed E-state index contributed by atoms with van der Waals surface area (Å²) < 4.78 is 7.41. The van der Waals surface area contributed by atoms with E-state index in [1.165, 1.54) is 6.21 Å². The summed E-state index contributed by atoms with van der Waals surface area (Å²) in [7, 11) is 0. The Hall–Kier alpha value is -4.43. The largest absolute Gasteiger partial charge is 0.494 e. The van der Waals surface area contributed by atoms with Crippen molar-refractivity contribution in [2.45, 2.75) is 20.3 Å². The molecule has 0 aliphatic rings. The van der Waals surface area contributed by atoms with Gasteiger partial charge in [0.25, 0.3) is 0 Å². The monoisotopic (exact) mass is 515 g/mol. The first-order chi connectivity index (χ1) is 18.0. The Morgan fingerprint density at radius 2 is 1.78 bits per heavy atom. The van der Waals surface area contributed by atoms with Crippen LogP contribution in [0.3, 0.4) is 0 Å². The third-order valence-corrected chi connectivity index (χ3v) is 5.87. The van der Waals surface area contributed by atoms with E-state index in [1.807, 2.05) is 54.6 Å². The van der Waals surface area contributed by atoms with Gasteiger partial charge in [-0.3, -0.25) is 9.59 Å². The van der Waals surface area contributed by atoms with Crippen LogP contribution < -0.4 is 15.5 Å². The first-order valence-corrected chi connectivity index (χ1v) is 12.1. The molecular formula is C28H26ClN5O3. The summed E-state index contributed by atoms with van der Waals surface area (Å²) in [5.74, 6) is -0.994. The molecule has 1 heterocycles. The van der Waals surface area contributed by atoms with Gasteiger partial charge in [0.2, 0.25) is 0 Å². The van der Waals surface area contributed by atoms with Crippen LogP contribution in [0.1, 0.15) is 24.5 Å². The highest BCUT2D eigenvalue weighted by Gasteiger charge is 2.16. The zero-order chi connectivity index (χ0) is 26.2. The third kappa shape index (κ3) is 6.42. The van der Waals surface area contributed by atoms with Crippen LogP contribution in [0.5, 0.6) is 5.75 Å². The average Bonchev–Trinajstić information content (AvgIpc) is 3.35. The number of nitrogens with one attached hydrogen (secondary N) is 2. The SMILES string of the molecule is CCCOc1ccc(-c2nn(-c3ccccc3)cc2C=NNC(=O)C(=O)Nc2cccc(Cl)c2C)cc1. The number of benzene rings is 3. The maximum Gasteiger partial charge on any atom is 0.329 e. The van der Waals surface area contributed by atoms with Gasteiger partial charge in [0.15, 0.2) is 0 Å². The Kier molecular flexibility index (Phi) is 8.33. The minimum absolute atomic E-state index is 0.453. The zero-order valence-corrected chi connectivity index (χ0v) is 21.2. The molecule has 0 saturated carbocycles. The normalized spacial score (nSPS) is 10.9. The van der Waals surface area contributed by atoms with Gasteiger partial charge < -0.3 is 10.1 Å². The molecule has 1 aromatic heterocycles. The number of hydrogen-bond acceptors (Lipinski definition) is 5. The van der Waals surface area contributed by atoms with Gasteiger partial charge >= 0.3 is 11.8 Å². The number of hydrogen-bond donors (Lipinski definition) is 2. The number of ether oxygens (including phenoxy) is 1. The quantitative estimate of drug-likeness (QED) is 0.187. The van der Waals surface area contributed by atoms with Crippen LogP contribution in [0.15, 0.2) is 84.1 Å². The van der Waals surface area contributed by atoms with Crippen LogP contribution in [0, 0.1) is 6.92 Å². The lowest BCUT2D eigenvalue weighted by Crippen LogP contribution is -2.32. The molecule has 0 aliphatic carbocycles. The lowest BCUT2D eigenvalue weighted by molar-refractivity contribution is -0.136. The lowest BCUT2D eigenvalue weighted by atomic mass is 10.1. The summed E-state index contributed by atoms with van der Waals surface area (Å²) >= 11 is 6.08. The van der Waals surface area contributed by atoms with Crippen molar-refractivity contribution in [1.29, 1.82) is 0 Å². The van der Waals surface area contributed by atoms with Gasteiger partial charge in [-0.1, -0.05) is 42.8 Å². The van der Waals surface area contributed by atoms with Crippen molar-refractivity contribution in [3.05, 3.63) is 95.1 Å². The Labute approximate surface area is 219 Å². The van der Waals surface area contributed by atoms with E-state index in [2.05, 4.69) is 22.8 Å². The third-order valence-electron chi connectivity index (χ3n) is 5.46. The minimum Gasteiger partial charge on any atom is -0.494 e. The molecule has 0 radical (unpaired) electrons. The number of carbonyl (C=O) groups excluding carboxylic acids is 2. The standard InChI is InChI=1S/C28H26ClN5O3/c1-3-16-37-23-14-12-20(13-15-23)26-21(18-34(33-26)22-8-5-4-6-9-22)17-30-32-28(36)27(35)31-25-11-7-10-24(29)19(25)2/h4-15,17-18H,3,16H2,1-2H3,(H,31,35)(H,32,36). The van der Waals surface area contributed by atoms with E-state index in [-0.39, 0.29) is 0 Å². The Morgan fingerprint density at radius 3 is 2.51 bits per heavy atom. The molecule has 2 amide bonds. The average molecular weight is 516 g/mol. The van der Waals surface area contributed by atoms with E-state index in [9.17, 15) is 9.59 Å². The summed E-state index contributed by atoms with van der Waals surface area (Å²) in [5.41, 5.74) is 6.41. The maximum absolute atomic E-state index is 12.3. The molecule has 188 valence electrons. The summed E-state index contributed by atoms with van der Waals surface area (Å²) in [6.45, 7) is 4.45. The summed E-state index contributed by atoms with van der Waals surface area (Å²) in [4.78, 5) is 24.7. The number of carbonyl (C=O) groups is 2. The predicted molar refractivity (Wildman–Crippen MR) is 145 cm³/mol. The van der Waals surface area contributed by atoms with Gasteiger partial charge in [0, 0.05) is 28.0 Å². The predicted octanol–water partition coefficient (Wildman–Crippen LogP) is 5.38. The first kappa shape index (κ1) is 25.7. The molecule has 8 nitrogen and oxygen atoms in total. The smallest absolute Gasteiger partial charge is 0.329 e. The van der Waals surface area contributed by atoms with Crippen LogP contribution in [-0.2, 0) is 9.59 Å². The van der Waals surface area contributed by atoms with Crippen molar-refractivity contribution in [1.82, 2.24) is 15.2 Å². The topological polar surface area (TPSA) is 97.6 Å². The molecule has 0 spiro atoms. The molecule has 9 heteroatoms. The van der Waals surface area contributed by atoms with Crippen molar-refractivity contribution in [3.63, 3.8) is 0 Å². The molecule has 3 aromatic carbocycles. The summed E-state index contributed by atoms with van der Waals surface area (Å²) in [6.07, 6.45) is 4.18. The molecule has 37 heavy (non-hydrogen) atoms. The summed E-state index contributed by atoms with van der Waals surface area (Å²) in [5, 5.41) is 11.8. The van der Waals surface area contributed by atoms with Crippen LogP contribution in [-0.4, -0.2) is 34.4 Å². The second-order valence-electron chi connectivity index (χ2n) is 8.15. The lowest BCUT2D eigenvalue weighted by Gasteiger charge is -2.08. The second kappa shape index (κ2) is 12.0. The highest BCUT2D eigenvalue weighted by Crippen LogP contribution is 2.25. The summed E-state index contributed by atoms with van der Waals surface area (Å²) in [6, 6.07) is 22.3. The van der Waals surface area contributed by atoms with Crippen molar-refractivity contribution < 1.29 is 14.3 Å². The Bertz CT molecular complexity index is 1420. The Balaban J connectivity index is 1.53. The fourth-order valence-corrected chi connectivity index (χ4v) is 3.66. The van der Waals surface area contributed by atoms with E-state index >= 15 is 0 Å². The maximum atomic E-state index is 12.3. The van der Waals surface area contributed by atoms with Crippen LogP contribution >= 0.6 is 11.6 Å². The number of hydrazone groups is 1. The molecule has 0 bridgehead atoms. The van der Waals surface area contributed by atoms with E-state index in [0.29, 0.717) is 34.1 Å². The second-order valence-corrected chi connectivity index (χ2v) is 8.56. The zero-order valence-electron chi connectivity index (χ0n) is 20.4. The minimum atomic E-state index is -0.912. The molecule has 0 saturated heterocycles. The van der Waals surface area contributed by atoms with E-state index in [0.717, 1.165) is 23.4 Å². The van der Waals surface area contributed by atoms with Crippen LogP contribution in [0.4, 0.5) is 5.69 Å².